The minimum atomic E-state index is -1.82. The maximum Gasteiger partial charge on any atom is 2.00 e. The van der Waals surface area contributed by atoms with Crippen molar-refractivity contribution in [1.82, 2.24) is 0 Å². The van der Waals surface area contributed by atoms with Crippen LogP contribution in [0.15, 0.2) is 133 Å². The Morgan fingerprint density at radius 3 is 0.980 bits per heavy atom. The van der Waals surface area contributed by atoms with Crippen LogP contribution in [0.25, 0.3) is 36.1 Å². The summed E-state index contributed by atoms with van der Waals surface area (Å²) in [6.07, 6.45) is 10.0. The van der Waals surface area contributed by atoms with Crippen LogP contribution in [0.5, 0.6) is 5.75 Å². The largest absolute Gasteiger partial charge is 2.00 e. The number of carboxylic acids is 8. The third-order valence-corrected chi connectivity index (χ3v) is 12.3. The molecule has 1 fully saturated rings. The van der Waals surface area contributed by atoms with E-state index in [1.54, 1.807) is 26.0 Å². The Bertz CT molecular complexity index is 2740. The molecule has 1 aliphatic carbocycles. The second-order valence-electron chi connectivity index (χ2n) is 20.5. The summed E-state index contributed by atoms with van der Waals surface area (Å²) in [6, 6.07) is 41.4. The van der Waals surface area contributed by atoms with E-state index >= 15 is 0 Å². The number of halogens is 6. The fraction of sp³-hybridized carbons (Fsp3) is 0.400. The Morgan fingerprint density at radius 2 is 0.755 bits per heavy atom. The second kappa shape index (κ2) is 70.3. The number of carboxylic acid groups (broad SMARTS) is 8. The van der Waals surface area contributed by atoms with Crippen molar-refractivity contribution in [2.75, 3.05) is 0 Å². The van der Waals surface area contributed by atoms with Crippen molar-refractivity contribution in [3.05, 3.63) is 208 Å². The maximum atomic E-state index is 10.8. The molecule has 4 atom stereocenters. The number of aromatic carboxylic acids is 1. The fourth-order valence-corrected chi connectivity index (χ4v) is 7.31. The van der Waals surface area contributed by atoms with Crippen LogP contribution in [0, 0.1) is 11.8 Å². The summed E-state index contributed by atoms with van der Waals surface area (Å²) in [4.78, 5) is 89.4. The molecule has 1 aliphatic rings. The molecule has 18 N–H and O–H groups in total. The summed E-state index contributed by atoms with van der Waals surface area (Å²) in [7, 11) is 19.5. The smallest absolute Gasteiger partial charge is 0.693 e. The van der Waals surface area contributed by atoms with Crippen molar-refractivity contribution in [3.63, 3.8) is 0 Å². The third kappa shape index (κ3) is 66.8. The van der Waals surface area contributed by atoms with Crippen LogP contribution >= 0.6 is 60.9 Å². The number of esters is 1. The number of alkyl halides is 2. The SMILES string of the molecule is CC(=O)Oc1ccccc1C(=O)O.CC(C)Cc1ccc(C(C)C(=O)O)cc1.CC(C)Cc1ccc(C(C)C(=O)O)cc1.O=C(O)C(=O)O.O=C(O)C(Cl)Cl.O=C(O)CCCc1ccccc1.O=C(O)CCCc1ccccc1.[Cl][Pt+2][Cl].[Cl][Pt+2][Cl].[NH-][C@@H]1CCCC[C@H]1[NH-].[NH2-].[NH2-].[NH2-].[NH2-].[Pt+2]. The minimum Gasteiger partial charge on any atom is -0.693 e. The number of carbonyl (C=O) groups excluding carboxylic acids is 1. The van der Waals surface area contributed by atoms with Crippen molar-refractivity contribution in [2.45, 2.75) is 154 Å². The van der Waals surface area contributed by atoms with Crippen LogP contribution in [0.2, 0.25) is 0 Å². The predicted octanol–water partition coefficient (Wildman–Crippen LogP) is 19.7. The second-order valence-corrected chi connectivity index (χ2v) is 28.2. The monoisotopic (exact) mass is 2040 g/mol. The fourth-order valence-electron chi connectivity index (χ4n) is 7.31. The van der Waals surface area contributed by atoms with E-state index < -0.39 is 103 Å². The Morgan fingerprint density at radius 1 is 0.469 bits per heavy atom. The van der Waals surface area contributed by atoms with Crippen LogP contribution in [-0.2, 0) is 118 Å². The molecule has 0 aromatic heterocycles. The van der Waals surface area contributed by atoms with Crippen LogP contribution in [-0.4, -0.2) is 111 Å². The molecule has 0 radical (unpaired) electrons. The van der Waals surface area contributed by atoms with E-state index in [-0.39, 0.29) is 81.9 Å². The van der Waals surface area contributed by atoms with Gasteiger partial charge in [-0.15, -0.1) is 0 Å². The number of aliphatic carboxylic acids is 7. The first kappa shape index (κ1) is 111. The molecular weight excluding hydrogens is 1950 g/mol. The molecule has 2 unspecified atom stereocenters. The minimum absolute atomic E-state index is 0. The van der Waals surface area contributed by atoms with Gasteiger partial charge in [0, 0.05) is 19.8 Å². The molecule has 0 saturated heterocycles. The summed E-state index contributed by atoms with van der Waals surface area (Å²) in [5, 5.41) is 65.7. The molecule has 0 bridgehead atoms. The Kier molecular flexibility index (Phi) is 80.0. The number of ether oxygens (including phenoxy) is 1. The maximum absolute atomic E-state index is 10.8. The quantitative estimate of drug-likeness (QED) is 0.0165. The Hall–Kier alpha value is -5.11. The molecule has 33 heteroatoms. The molecule has 5 aromatic rings. The van der Waals surface area contributed by atoms with Gasteiger partial charge in [0.05, 0.1) is 11.8 Å². The van der Waals surface area contributed by atoms with Gasteiger partial charge in [0.15, 0.2) is 0 Å². The first-order valence-electron chi connectivity index (χ1n) is 28.3. The van der Waals surface area contributed by atoms with Crippen LogP contribution < -0.4 is 4.74 Å². The van der Waals surface area contributed by atoms with Gasteiger partial charge in [-0.25, -0.2) is 19.2 Å². The van der Waals surface area contributed by atoms with Gasteiger partial charge in [0.2, 0.25) is 4.84 Å². The first-order chi connectivity index (χ1) is 43.6. The molecule has 6 rings (SSSR count). The normalized spacial score (nSPS) is 12.2. The molecule has 0 amide bonds. The summed E-state index contributed by atoms with van der Waals surface area (Å²) < 4.78 is 4.69. The summed E-state index contributed by atoms with van der Waals surface area (Å²) >= 11 is 8.61. The van der Waals surface area contributed by atoms with Crippen LogP contribution in [0.3, 0.4) is 0 Å². The van der Waals surface area contributed by atoms with E-state index in [2.05, 4.69) is 32.4 Å². The number of nitrogens with one attached hydrogen (secondary N) is 2. The van der Waals surface area contributed by atoms with Crippen molar-refractivity contribution < 1.29 is 143 Å². The van der Waals surface area contributed by atoms with E-state index in [1.165, 1.54) is 54.2 Å². The summed E-state index contributed by atoms with van der Waals surface area (Å²) in [6.45, 7) is 13.3. The third-order valence-electron chi connectivity index (χ3n) is 11.9. The molecular formula is C65H92Cl6N6O18Pt3. The van der Waals surface area contributed by atoms with Crippen LogP contribution in [0.1, 0.15) is 155 Å². The molecule has 0 aliphatic heterocycles. The number of hydrogen-bond donors (Lipinski definition) is 8. The molecule has 24 nitrogen and oxygen atoms in total. The van der Waals surface area contributed by atoms with Gasteiger partial charge in [0.1, 0.15) is 11.3 Å². The van der Waals surface area contributed by atoms with E-state index in [4.69, 9.17) is 123 Å². The van der Waals surface area contributed by atoms with E-state index in [0.29, 0.717) is 11.8 Å². The number of nitrogens with two attached hydrogens (primary N) is 4. The number of rotatable bonds is 19. The van der Waals surface area contributed by atoms with Gasteiger partial charge in [0.25, 0.3) is 0 Å². The molecule has 98 heavy (non-hydrogen) atoms. The van der Waals surface area contributed by atoms with E-state index in [1.807, 2.05) is 109 Å². The molecule has 0 spiro atoms. The van der Waals surface area contributed by atoms with Gasteiger partial charge >= 0.3 is 145 Å². The van der Waals surface area contributed by atoms with E-state index in [0.717, 1.165) is 62.5 Å². The Balaban J connectivity index is -0.000000131. The Labute approximate surface area is 632 Å². The number of aryl methyl sites for hydroxylation is 2. The van der Waals surface area contributed by atoms with Crippen LogP contribution in [0.4, 0.5) is 0 Å². The van der Waals surface area contributed by atoms with Crippen molar-refractivity contribution >= 4 is 115 Å². The number of hydrogen-bond acceptors (Lipinski definition) is 10. The van der Waals surface area contributed by atoms with E-state index in [9.17, 15) is 33.6 Å². The summed E-state index contributed by atoms with van der Waals surface area (Å²) in [5.41, 5.74) is 21.3. The predicted molar refractivity (Wildman–Crippen MR) is 378 cm³/mol. The van der Waals surface area contributed by atoms with Gasteiger partial charge in [-0.1, -0.05) is 198 Å². The summed E-state index contributed by atoms with van der Waals surface area (Å²) in [5.74, 6) is -8.98. The standard InChI is InChI=1S/2C13H18O2.2C10H12O2.C9H8O4.C6H12N2.C2H2Cl2O2.C2H2O4.4ClH.4H2N.3Pt/c2*1-9(2)8-11-4-6-12(7-5-11)10(3)13(14)15;2*11-10(12)8-4-7-9-5-2-1-3-6-9;1-6(10)13-8-5-3-2-4-7(8)9(11)12;7-5-3-1-2-4-6(5)8;2*3-1(4)2(5)6;;;;;;;;;;;/h2*4-7,9-10H,8H2,1-3H3,(H,14,15);2*1-3,5-6H,4,7-8H2,(H,11,12);2-5H,1H3,(H,11,12);5-8H,1-4H2;1H,(H,5,6);(H,3,4)(H,5,6);4*1H;4*1H2;;;/q;;;;;-2;;;;;;;4*-1;+2;2*+4/p-4/t;;;;;5-,6-;;;;;;;;;;;;;/m.....1............./s1. The number of para-hydroxylation sites is 1. The molecule has 562 valence electrons. The zero-order chi connectivity index (χ0) is 72.0. The zero-order valence-corrected chi connectivity index (χ0v) is 66.3. The number of carbonyl (C=O) groups is 9. The number of benzene rings is 5. The van der Waals surface area contributed by atoms with Gasteiger partial charge in [-0.3, -0.25) is 24.0 Å². The average Bonchev–Trinajstić information content (AvgIpc) is 0.949. The topological polar surface area (TPSA) is 506 Å². The van der Waals surface area contributed by atoms with Gasteiger partial charge < -0.3 is 81.7 Å². The van der Waals surface area contributed by atoms with Gasteiger partial charge in [-0.2, -0.15) is 12.1 Å². The van der Waals surface area contributed by atoms with Crippen molar-refractivity contribution in [1.29, 1.82) is 0 Å². The zero-order valence-electron chi connectivity index (χ0n) is 54.9. The van der Waals surface area contributed by atoms with Crippen molar-refractivity contribution in [3.8, 4) is 5.75 Å². The molecule has 5 aromatic carbocycles. The molecule has 1 saturated carbocycles. The van der Waals surface area contributed by atoms with Crippen molar-refractivity contribution in [2.24, 2.45) is 11.8 Å². The molecule has 0 heterocycles. The first-order valence-corrected chi connectivity index (χ1v) is 40.4. The van der Waals surface area contributed by atoms with Gasteiger partial charge in [-0.05, 0) is 110 Å². The average molecular weight is 2040 g/mol.